The third-order valence-electron chi connectivity index (χ3n) is 3.83. The third kappa shape index (κ3) is 3.55. The van der Waals surface area contributed by atoms with Gasteiger partial charge in [-0.3, -0.25) is 4.79 Å². The van der Waals surface area contributed by atoms with Crippen LogP contribution in [0.1, 0.15) is 36.3 Å². The number of methoxy groups -OCH3 is 1. The van der Waals surface area contributed by atoms with Crippen LogP contribution < -0.4 is 0 Å². The Morgan fingerprint density at radius 2 is 2.35 bits per heavy atom. The molecule has 20 heavy (non-hydrogen) atoms. The van der Waals surface area contributed by atoms with Crippen molar-refractivity contribution in [3.05, 3.63) is 29.3 Å². The van der Waals surface area contributed by atoms with Crippen LogP contribution in [-0.2, 0) is 14.3 Å². The normalized spacial score (nSPS) is 19.9. The number of aryl methyl sites for hydroxylation is 1. The predicted molar refractivity (Wildman–Crippen MR) is 81.3 cm³/mol. The van der Waals surface area contributed by atoms with Crippen molar-refractivity contribution in [2.24, 2.45) is 0 Å². The zero-order valence-corrected chi connectivity index (χ0v) is 13.2. The maximum atomic E-state index is 12.1. The second-order valence-corrected chi connectivity index (χ2v) is 6.02. The highest BCUT2D eigenvalue weighted by atomic mass is 32.2. The first-order chi connectivity index (χ1) is 9.65. The standard InChI is InChI=1S/C16H22O3S/c1-11-9-12(6-7-15(11)20-3)14(16(17)18-2)10-13-5-4-8-19-13/h6-7,9,13-14H,4-5,8,10H2,1-3H3. The summed E-state index contributed by atoms with van der Waals surface area (Å²) in [5.41, 5.74) is 2.24. The molecule has 0 N–H and O–H groups in total. The molecule has 0 amide bonds. The van der Waals surface area contributed by atoms with Crippen molar-refractivity contribution in [2.45, 2.75) is 43.1 Å². The molecule has 0 spiro atoms. The maximum Gasteiger partial charge on any atom is 0.313 e. The van der Waals surface area contributed by atoms with Gasteiger partial charge in [0.25, 0.3) is 0 Å². The van der Waals surface area contributed by atoms with Gasteiger partial charge in [0.05, 0.1) is 19.1 Å². The van der Waals surface area contributed by atoms with Crippen LogP contribution in [0, 0.1) is 6.92 Å². The number of hydrogen-bond donors (Lipinski definition) is 0. The van der Waals surface area contributed by atoms with Crippen molar-refractivity contribution in [3.8, 4) is 0 Å². The molecule has 3 nitrogen and oxygen atoms in total. The molecule has 0 aromatic heterocycles. The van der Waals surface area contributed by atoms with Crippen molar-refractivity contribution in [1.82, 2.24) is 0 Å². The number of thioether (sulfide) groups is 1. The third-order valence-corrected chi connectivity index (χ3v) is 4.73. The van der Waals surface area contributed by atoms with E-state index in [4.69, 9.17) is 9.47 Å². The second kappa shape index (κ2) is 7.14. The first kappa shape index (κ1) is 15.4. The number of carbonyl (C=O) groups excluding carboxylic acids is 1. The molecule has 1 heterocycles. The lowest BCUT2D eigenvalue weighted by molar-refractivity contribution is -0.143. The number of benzene rings is 1. The van der Waals surface area contributed by atoms with E-state index in [2.05, 4.69) is 25.3 Å². The van der Waals surface area contributed by atoms with E-state index in [1.165, 1.54) is 17.6 Å². The van der Waals surface area contributed by atoms with Gasteiger partial charge in [0, 0.05) is 11.5 Å². The average molecular weight is 294 g/mol. The lowest BCUT2D eigenvalue weighted by Crippen LogP contribution is -2.20. The molecule has 4 heteroatoms. The van der Waals surface area contributed by atoms with Crippen LogP contribution in [-0.4, -0.2) is 32.0 Å². The van der Waals surface area contributed by atoms with Crippen molar-refractivity contribution >= 4 is 17.7 Å². The lowest BCUT2D eigenvalue weighted by Gasteiger charge is -2.19. The topological polar surface area (TPSA) is 35.5 Å². The summed E-state index contributed by atoms with van der Waals surface area (Å²) in [6.45, 7) is 2.89. The first-order valence-corrected chi connectivity index (χ1v) is 8.22. The number of hydrogen-bond acceptors (Lipinski definition) is 4. The van der Waals surface area contributed by atoms with E-state index < -0.39 is 0 Å². The molecule has 0 saturated carbocycles. The van der Waals surface area contributed by atoms with Crippen LogP contribution >= 0.6 is 11.8 Å². The van der Waals surface area contributed by atoms with Crippen LogP contribution in [0.5, 0.6) is 0 Å². The van der Waals surface area contributed by atoms with E-state index in [1.54, 1.807) is 11.8 Å². The van der Waals surface area contributed by atoms with Crippen LogP contribution in [0.3, 0.4) is 0 Å². The summed E-state index contributed by atoms with van der Waals surface area (Å²) in [6, 6.07) is 6.22. The van der Waals surface area contributed by atoms with Gasteiger partial charge in [0.1, 0.15) is 0 Å². The molecule has 0 radical (unpaired) electrons. The van der Waals surface area contributed by atoms with Crippen LogP contribution in [0.25, 0.3) is 0 Å². The Morgan fingerprint density at radius 3 is 2.90 bits per heavy atom. The molecular weight excluding hydrogens is 272 g/mol. The minimum Gasteiger partial charge on any atom is -0.469 e. The largest absolute Gasteiger partial charge is 0.469 e. The Morgan fingerprint density at radius 1 is 1.55 bits per heavy atom. The molecule has 1 aromatic carbocycles. The molecule has 2 rings (SSSR count). The monoisotopic (exact) mass is 294 g/mol. The van der Waals surface area contributed by atoms with E-state index in [0.717, 1.165) is 25.0 Å². The molecular formula is C16H22O3S. The number of rotatable bonds is 5. The Labute approximate surface area is 125 Å². The summed E-state index contributed by atoms with van der Waals surface area (Å²) in [5.74, 6) is -0.394. The number of esters is 1. The van der Waals surface area contributed by atoms with E-state index in [0.29, 0.717) is 6.42 Å². The summed E-state index contributed by atoms with van der Waals surface area (Å²) in [6.07, 6.45) is 5.08. The molecule has 1 fully saturated rings. The van der Waals surface area contributed by atoms with Crippen molar-refractivity contribution in [1.29, 1.82) is 0 Å². The van der Waals surface area contributed by atoms with E-state index in [9.17, 15) is 4.79 Å². The Balaban J connectivity index is 2.21. The summed E-state index contributed by atoms with van der Waals surface area (Å²) in [5, 5.41) is 0. The lowest BCUT2D eigenvalue weighted by atomic mass is 9.91. The maximum absolute atomic E-state index is 12.1. The quantitative estimate of drug-likeness (QED) is 0.614. The minimum absolute atomic E-state index is 0.170. The van der Waals surface area contributed by atoms with E-state index in [1.807, 2.05) is 6.07 Å². The molecule has 1 aliphatic rings. The van der Waals surface area contributed by atoms with Gasteiger partial charge >= 0.3 is 5.97 Å². The van der Waals surface area contributed by atoms with Crippen molar-refractivity contribution in [3.63, 3.8) is 0 Å². The molecule has 2 unspecified atom stereocenters. The fourth-order valence-corrected chi connectivity index (χ4v) is 3.31. The van der Waals surface area contributed by atoms with Gasteiger partial charge in [-0.25, -0.2) is 0 Å². The molecule has 0 aliphatic carbocycles. The smallest absolute Gasteiger partial charge is 0.313 e. The summed E-state index contributed by atoms with van der Waals surface area (Å²) in [7, 11) is 1.45. The van der Waals surface area contributed by atoms with Crippen LogP contribution in [0.2, 0.25) is 0 Å². The van der Waals surface area contributed by atoms with Crippen LogP contribution in [0.4, 0.5) is 0 Å². The Bertz CT molecular complexity index is 467. The molecule has 110 valence electrons. The molecule has 1 saturated heterocycles. The zero-order valence-electron chi connectivity index (χ0n) is 12.3. The van der Waals surface area contributed by atoms with Gasteiger partial charge in [-0.2, -0.15) is 0 Å². The fourth-order valence-electron chi connectivity index (χ4n) is 2.72. The SMILES string of the molecule is COC(=O)C(CC1CCCO1)c1ccc(SC)c(C)c1. The van der Waals surface area contributed by atoms with E-state index in [-0.39, 0.29) is 18.0 Å². The predicted octanol–water partition coefficient (Wildman–Crippen LogP) is 3.54. The van der Waals surface area contributed by atoms with Gasteiger partial charge in [-0.05, 0) is 49.6 Å². The average Bonchev–Trinajstić information content (AvgIpc) is 2.97. The van der Waals surface area contributed by atoms with E-state index >= 15 is 0 Å². The zero-order chi connectivity index (χ0) is 14.5. The second-order valence-electron chi connectivity index (χ2n) is 5.18. The Kier molecular flexibility index (Phi) is 5.49. The van der Waals surface area contributed by atoms with Gasteiger partial charge in [0.2, 0.25) is 0 Å². The van der Waals surface area contributed by atoms with Gasteiger partial charge < -0.3 is 9.47 Å². The molecule has 1 aliphatic heterocycles. The van der Waals surface area contributed by atoms with Gasteiger partial charge in [0.15, 0.2) is 0 Å². The van der Waals surface area contributed by atoms with Crippen molar-refractivity contribution < 1.29 is 14.3 Å². The number of ether oxygens (including phenoxy) is 2. The molecule has 1 aromatic rings. The highest BCUT2D eigenvalue weighted by Crippen LogP contribution is 2.31. The van der Waals surface area contributed by atoms with Crippen LogP contribution in [0.15, 0.2) is 23.1 Å². The molecule has 0 bridgehead atoms. The molecule has 2 atom stereocenters. The Hall–Kier alpha value is -1.00. The van der Waals surface area contributed by atoms with Crippen molar-refractivity contribution in [2.75, 3.05) is 20.0 Å². The summed E-state index contributed by atoms with van der Waals surface area (Å²) >= 11 is 1.72. The highest BCUT2D eigenvalue weighted by Gasteiger charge is 2.28. The van der Waals surface area contributed by atoms with Gasteiger partial charge in [-0.15, -0.1) is 11.8 Å². The first-order valence-electron chi connectivity index (χ1n) is 6.99. The highest BCUT2D eigenvalue weighted by molar-refractivity contribution is 7.98. The summed E-state index contributed by atoms with van der Waals surface area (Å²) in [4.78, 5) is 13.3. The minimum atomic E-state index is -0.224. The fraction of sp³-hybridized carbons (Fsp3) is 0.562. The van der Waals surface area contributed by atoms with Gasteiger partial charge in [-0.1, -0.05) is 12.1 Å². The number of carbonyl (C=O) groups is 1. The summed E-state index contributed by atoms with van der Waals surface area (Å²) < 4.78 is 10.6.